The Hall–Kier alpha value is -1.14. The number of carbonyl (C=O) groups is 2. The zero-order valence-corrected chi connectivity index (χ0v) is 11.4. The molecule has 6 heteroatoms. The van der Waals surface area contributed by atoms with Crippen LogP contribution in [0.25, 0.3) is 0 Å². The number of hydrogen-bond acceptors (Lipinski definition) is 4. The fourth-order valence-electron chi connectivity index (χ4n) is 2.53. The average Bonchev–Trinajstić information content (AvgIpc) is 2.43. The fourth-order valence-corrected chi connectivity index (χ4v) is 2.53. The summed E-state index contributed by atoms with van der Waals surface area (Å²) < 4.78 is 0. The second kappa shape index (κ2) is 6.70. The molecular weight excluding hydrogens is 232 g/mol. The Morgan fingerprint density at radius 3 is 2.56 bits per heavy atom. The van der Waals surface area contributed by atoms with Gasteiger partial charge < -0.3 is 5.32 Å². The molecule has 1 rings (SSSR count). The van der Waals surface area contributed by atoms with E-state index in [2.05, 4.69) is 15.6 Å². The van der Waals surface area contributed by atoms with Gasteiger partial charge in [0.25, 0.3) is 0 Å². The minimum Gasteiger partial charge on any atom is -0.358 e. The molecule has 0 radical (unpaired) electrons. The van der Waals surface area contributed by atoms with Gasteiger partial charge in [-0.25, -0.2) is 5.84 Å². The van der Waals surface area contributed by atoms with Crippen LogP contribution in [0.4, 0.5) is 0 Å². The van der Waals surface area contributed by atoms with E-state index in [0.717, 1.165) is 25.8 Å². The summed E-state index contributed by atoms with van der Waals surface area (Å²) in [5.41, 5.74) is 2.18. The second-order valence-corrected chi connectivity index (χ2v) is 4.90. The lowest BCUT2D eigenvalue weighted by Crippen LogP contribution is -2.55. The van der Waals surface area contributed by atoms with Crippen molar-refractivity contribution in [2.45, 2.75) is 45.2 Å². The number of hydrazine groups is 1. The van der Waals surface area contributed by atoms with E-state index in [1.54, 1.807) is 7.05 Å². The Morgan fingerprint density at radius 1 is 1.33 bits per heavy atom. The lowest BCUT2D eigenvalue weighted by Gasteiger charge is -2.40. The van der Waals surface area contributed by atoms with Crippen LogP contribution in [0.1, 0.15) is 33.1 Å². The van der Waals surface area contributed by atoms with Crippen LogP contribution in [0.2, 0.25) is 0 Å². The van der Waals surface area contributed by atoms with Gasteiger partial charge in [-0.1, -0.05) is 13.3 Å². The van der Waals surface area contributed by atoms with E-state index >= 15 is 0 Å². The minimum absolute atomic E-state index is 0.00356. The summed E-state index contributed by atoms with van der Waals surface area (Å²) in [6.45, 7) is 4.66. The van der Waals surface area contributed by atoms with E-state index in [-0.39, 0.29) is 29.8 Å². The van der Waals surface area contributed by atoms with Gasteiger partial charge in [0.1, 0.15) is 0 Å². The van der Waals surface area contributed by atoms with E-state index in [1.807, 2.05) is 13.8 Å². The molecule has 0 spiro atoms. The molecule has 2 amide bonds. The number of likely N-dealkylation sites (tertiary alicyclic amines) is 1. The number of nitrogens with two attached hydrogens (primary N) is 1. The highest BCUT2D eigenvalue weighted by Gasteiger charge is 2.35. The molecule has 104 valence electrons. The number of nitrogens with one attached hydrogen (secondary N) is 2. The van der Waals surface area contributed by atoms with Crippen molar-refractivity contribution in [2.24, 2.45) is 11.8 Å². The molecule has 0 saturated carbocycles. The molecule has 0 aromatic heterocycles. The van der Waals surface area contributed by atoms with E-state index in [9.17, 15) is 9.59 Å². The van der Waals surface area contributed by atoms with E-state index in [4.69, 9.17) is 5.84 Å². The van der Waals surface area contributed by atoms with Crippen molar-refractivity contribution in [1.29, 1.82) is 0 Å². The molecule has 1 saturated heterocycles. The Balaban J connectivity index is 2.76. The second-order valence-electron chi connectivity index (χ2n) is 4.90. The normalized spacial score (nSPS) is 24.1. The maximum absolute atomic E-state index is 11.9. The molecular formula is C12H24N4O2. The van der Waals surface area contributed by atoms with Gasteiger partial charge in [-0.3, -0.25) is 19.9 Å². The Kier molecular flexibility index (Phi) is 5.55. The third-order valence-electron chi connectivity index (χ3n) is 3.90. The lowest BCUT2D eigenvalue weighted by molar-refractivity contribution is -0.133. The van der Waals surface area contributed by atoms with Crippen LogP contribution in [-0.4, -0.2) is 42.4 Å². The first-order chi connectivity index (χ1) is 8.52. The number of carbonyl (C=O) groups excluding carboxylic acids is 2. The van der Waals surface area contributed by atoms with Gasteiger partial charge in [0.2, 0.25) is 11.8 Å². The quantitative estimate of drug-likeness (QED) is 0.363. The summed E-state index contributed by atoms with van der Waals surface area (Å²) in [4.78, 5) is 25.6. The maximum atomic E-state index is 11.9. The lowest BCUT2D eigenvalue weighted by atomic mass is 9.94. The summed E-state index contributed by atoms with van der Waals surface area (Å²) in [6, 6.07) is -0.136. The van der Waals surface area contributed by atoms with Crippen LogP contribution in [0.15, 0.2) is 0 Å². The first kappa shape index (κ1) is 14.9. The van der Waals surface area contributed by atoms with Crippen LogP contribution < -0.4 is 16.6 Å². The molecule has 1 aliphatic heterocycles. The molecule has 4 N–H and O–H groups in total. The molecule has 18 heavy (non-hydrogen) atoms. The van der Waals surface area contributed by atoms with Gasteiger partial charge in [0.15, 0.2) is 0 Å². The summed E-state index contributed by atoms with van der Waals surface area (Å²) in [5, 5.41) is 2.70. The largest absolute Gasteiger partial charge is 0.358 e. The number of likely N-dealkylation sites (N-methyl/N-ethyl adjacent to an activating group) is 1. The summed E-state index contributed by atoms with van der Waals surface area (Å²) in [6.07, 6.45) is 2.97. The molecule has 3 atom stereocenters. The van der Waals surface area contributed by atoms with E-state index in [1.165, 1.54) is 0 Å². The molecule has 0 bridgehead atoms. The number of piperidine rings is 1. The predicted molar refractivity (Wildman–Crippen MR) is 69.4 cm³/mol. The minimum atomic E-state index is -0.236. The molecule has 6 nitrogen and oxygen atoms in total. The first-order valence-electron chi connectivity index (χ1n) is 6.50. The molecule has 1 fully saturated rings. The van der Waals surface area contributed by atoms with Crippen LogP contribution in [0, 0.1) is 5.92 Å². The number of rotatable bonds is 4. The zero-order chi connectivity index (χ0) is 13.7. The SMILES string of the molecule is CNC(=O)C1CCCCN1C(C)C(C)C(=O)NN. The third-order valence-corrected chi connectivity index (χ3v) is 3.90. The van der Waals surface area contributed by atoms with E-state index < -0.39 is 0 Å². The topological polar surface area (TPSA) is 87.5 Å². The van der Waals surface area contributed by atoms with Crippen LogP contribution in [0.3, 0.4) is 0 Å². The van der Waals surface area contributed by atoms with Crippen molar-refractivity contribution >= 4 is 11.8 Å². The van der Waals surface area contributed by atoms with Crippen LogP contribution in [0.5, 0.6) is 0 Å². The predicted octanol–water partition coefficient (Wildman–Crippen LogP) is -0.399. The van der Waals surface area contributed by atoms with Gasteiger partial charge in [-0.05, 0) is 26.3 Å². The van der Waals surface area contributed by atoms with Crippen molar-refractivity contribution in [1.82, 2.24) is 15.6 Å². The Morgan fingerprint density at radius 2 is 2.00 bits per heavy atom. The number of hydrogen-bond donors (Lipinski definition) is 3. The smallest absolute Gasteiger partial charge is 0.238 e. The van der Waals surface area contributed by atoms with Gasteiger partial charge in [0.05, 0.1) is 12.0 Å². The zero-order valence-electron chi connectivity index (χ0n) is 11.4. The van der Waals surface area contributed by atoms with Crippen molar-refractivity contribution in [3.8, 4) is 0 Å². The summed E-state index contributed by atoms with van der Waals surface area (Å²) in [7, 11) is 1.65. The average molecular weight is 256 g/mol. The van der Waals surface area contributed by atoms with Crippen molar-refractivity contribution in [3.63, 3.8) is 0 Å². The monoisotopic (exact) mass is 256 g/mol. The standard InChI is InChI=1S/C12H24N4O2/c1-8(11(17)15-13)9(2)16-7-5-4-6-10(16)12(18)14-3/h8-10H,4-7,13H2,1-3H3,(H,14,18)(H,15,17). The highest BCUT2D eigenvalue weighted by atomic mass is 16.2. The van der Waals surface area contributed by atoms with Crippen LogP contribution in [-0.2, 0) is 9.59 Å². The van der Waals surface area contributed by atoms with Crippen molar-refractivity contribution in [2.75, 3.05) is 13.6 Å². The van der Waals surface area contributed by atoms with Crippen molar-refractivity contribution < 1.29 is 9.59 Å². The van der Waals surface area contributed by atoms with Gasteiger partial charge in [-0.2, -0.15) is 0 Å². The molecule has 1 aliphatic rings. The highest BCUT2D eigenvalue weighted by Crippen LogP contribution is 2.23. The third kappa shape index (κ3) is 3.20. The van der Waals surface area contributed by atoms with Crippen LogP contribution >= 0.6 is 0 Å². The van der Waals surface area contributed by atoms with Gasteiger partial charge in [0, 0.05) is 13.1 Å². The highest BCUT2D eigenvalue weighted by molar-refractivity contribution is 5.82. The number of amides is 2. The van der Waals surface area contributed by atoms with Crippen molar-refractivity contribution in [3.05, 3.63) is 0 Å². The molecule has 0 aromatic rings. The molecule has 0 aliphatic carbocycles. The maximum Gasteiger partial charge on any atom is 0.238 e. The van der Waals surface area contributed by atoms with Gasteiger partial charge >= 0.3 is 0 Å². The molecule has 0 aromatic carbocycles. The van der Waals surface area contributed by atoms with E-state index in [0.29, 0.717) is 0 Å². The fraction of sp³-hybridized carbons (Fsp3) is 0.833. The Labute approximate surface area is 108 Å². The summed E-state index contributed by atoms with van der Waals surface area (Å²) in [5.74, 6) is 4.77. The number of nitrogens with zero attached hydrogens (tertiary/aromatic N) is 1. The molecule has 1 heterocycles. The Bertz CT molecular complexity index is 308. The van der Waals surface area contributed by atoms with Gasteiger partial charge in [-0.15, -0.1) is 0 Å². The molecule has 3 unspecified atom stereocenters. The summed E-state index contributed by atoms with van der Waals surface area (Å²) >= 11 is 0. The first-order valence-corrected chi connectivity index (χ1v) is 6.50.